The second kappa shape index (κ2) is 9.04. The molecule has 138 valence electrons. The van der Waals surface area contributed by atoms with Crippen molar-refractivity contribution in [3.05, 3.63) is 59.2 Å². The molecular weight excluding hydrogens is 328 g/mol. The number of hydrogen-bond donors (Lipinski definition) is 2. The van der Waals surface area contributed by atoms with Crippen LogP contribution in [0.5, 0.6) is 5.75 Å². The molecule has 0 aromatic heterocycles. The van der Waals surface area contributed by atoms with Gasteiger partial charge in [0.2, 0.25) is 0 Å². The first kappa shape index (κ1) is 19.5. The van der Waals surface area contributed by atoms with Crippen molar-refractivity contribution < 1.29 is 14.3 Å². The zero-order valence-corrected chi connectivity index (χ0v) is 15.8. The standard InChI is InChI=1S/C21H26N2O3/c1-14(2)18-10-5-7-15(3)19(18)23-21(25)20(24)22-12-11-16-8-6-9-17(13-16)26-4/h5-10,13-14H,11-12H2,1-4H3,(H,22,24)(H,23,25). The minimum absolute atomic E-state index is 0.251. The number of methoxy groups -OCH3 is 1. The first-order valence-electron chi connectivity index (χ1n) is 8.74. The molecule has 0 spiro atoms. The van der Waals surface area contributed by atoms with Crippen LogP contribution in [0, 0.1) is 6.92 Å². The molecule has 5 heteroatoms. The molecule has 0 aliphatic rings. The maximum atomic E-state index is 12.2. The maximum Gasteiger partial charge on any atom is 0.313 e. The van der Waals surface area contributed by atoms with Gasteiger partial charge in [0.05, 0.1) is 7.11 Å². The second-order valence-corrected chi connectivity index (χ2v) is 6.51. The number of carbonyl (C=O) groups is 2. The lowest BCUT2D eigenvalue weighted by Gasteiger charge is -2.16. The smallest absolute Gasteiger partial charge is 0.313 e. The number of rotatable bonds is 6. The summed E-state index contributed by atoms with van der Waals surface area (Å²) >= 11 is 0. The minimum atomic E-state index is -0.646. The van der Waals surface area contributed by atoms with Crippen molar-refractivity contribution in [2.24, 2.45) is 0 Å². The van der Waals surface area contributed by atoms with Gasteiger partial charge in [0, 0.05) is 12.2 Å². The topological polar surface area (TPSA) is 67.4 Å². The van der Waals surface area contributed by atoms with E-state index in [4.69, 9.17) is 4.74 Å². The van der Waals surface area contributed by atoms with E-state index in [2.05, 4.69) is 24.5 Å². The molecular formula is C21H26N2O3. The van der Waals surface area contributed by atoms with Crippen LogP contribution in [0.4, 0.5) is 5.69 Å². The van der Waals surface area contributed by atoms with Crippen molar-refractivity contribution in [1.82, 2.24) is 5.32 Å². The Balaban J connectivity index is 1.93. The Bertz CT molecular complexity index is 785. The van der Waals surface area contributed by atoms with Crippen LogP contribution in [-0.2, 0) is 16.0 Å². The summed E-state index contributed by atoms with van der Waals surface area (Å²) in [7, 11) is 1.61. The number of nitrogens with one attached hydrogen (secondary N) is 2. The Hall–Kier alpha value is -2.82. The second-order valence-electron chi connectivity index (χ2n) is 6.51. The van der Waals surface area contributed by atoms with E-state index in [0.29, 0.717) is 13.0 Å². The van der Waals surface area contributed by atoms with E-state index in [9.17, 15) is 9.59 Å². The lowest BCUT2D eigenvalue weighted by Crippen LogP contribution is -2.36. The first-order chi connectivity index (χ1) is 12.4. The summed E-state index contributed by atoms with van der Waals surface area (Å²) in [6.07, 6.45) is 0.623. The third kappa shape index (κ3) is 5.09. The Morgan fingerprint density at radius 2 is 1.81 bits per heavy atom. The van der Waals surface area contributed by atoms with Gasteiger partial charge in [-0.15, -0.1) is 0 Å². The summed E-state index contributed by atoms with van der Waals surface area (Å²) in [5, 5.41) is 5.42. The Labute approximate surface area is 154 Å². The van der Waals surface area contributed by atoms with Gasteiger partial charge in [-0.05, 0) is 48.1 Å². The van der Waals surface area contributed by atoms with Crippen LogP contribution in [0.3, 0.4) is 0 Å². The van der Waals surface area contributed by atoms with Crippen LogP contribution in [0.2, 0.25) is 0 Å². The van der Waals surface area contributed by atoms with Crippen molar-refractivity contribution in [2.45, 2.75) is 33.1 Å². The molecule has 2 N–H and O–H groups in total. The van der Waals surface area contributed by atoms with Crippen LogP contribution in [0.1, 0.15) is 36.5 Å². The highest BCUT2D eigenvalue weighted by molar-refractivity contribution is 6.39. The Morgan fingerprint density at radius 3 is 2.50 bits per heavy atom. The van der Waals surface area contributed by atoms with Crippen molar-refractivity contribution in [3.8, 4) is 5.75 Å². The molecule has 2 aromatic rings. The Kier molecular flexibility index (Phi) is 6.78. The minimum Gasteiger partial charge on any atom is -0.497 e. The van der Waals surface area contributed by atoms with Gasteiger partial charge in [-0.3, -0.25) is 9.59 Å². The summed E-state index contributed by atoms with van der Waals surface area (Å²) in [6.45, 7) is 6.41. The molecule has 2 rings (SSSR count). The molecule has 0 aliphatic carbocycles. The number of hydrogen-bond acceptors (Lipinski definition) is 3. The van der Waals surface area contributed by atoms with Gasteiger partial charge in [0.15, 0.2) is 0 Å². The van der Waals surface area contributed by atoms with Crippen LogP contribution < -0.4 is 15.4 Å². The SMILES string of the molecule is COc1cccc(CCNC(=O)C(=O)Nc2c(C)cccc2C(C)C)c1. The van der Waals surface area contributed by atoms with Crippen LogP contribution in [0.15, 0.2) is 42.5 Å². The normalized spacial score (nSPS) is 10.5. The first-order valence-corrected chi connectivity index (χ1v) is 8.74. The largest absolute Gasteiger partial charge is 0.497 e. The van der Waals surface area contributed by atoms with Crippen molar-refractivity contribution in [3.63, 3.8) is 0 Å². The average Bonchev–Trinajstić information content (AvgIpc) is 2.63. The van der Waals surface area contributed by atoms with Gasteiger partial charge in [0.25, 0.3) is 0 Å². The summed E-state index contributed by atoms with van der Waals surface area (Å²) in [4.78, 5) is 24.3. The Morgan fingerprint density at radius 1 is 1.08 bits per heavy atom. The van der Waals surface area contributed by atoms with Gasteiger partial charge < -0.3 is 15.4 Å². The lowest BCUT2D eigenvalue weighted by molar-refractivity contribution is -0.136. The molecule has 26 heavy (non-hydrogen) atoms. The highest BCUT2D eigenvalue weighted by atomic mass is 16.5. The summed E-state index contributed by atoms with van der Waals surface area (Å²) in [6, 6.07) is 13.5. The van der Waals surface area contributed by atoms with E-state index in [1.54, 1.807) is 7.11 Å². The molecule has 5 nitrogen and oxygen atoms in total. The van der Waals surface area contributed by atoms with Gasteiger partial charge in [-0.1, -0.05) is 44.2 Å². The predicted octanol–water partition coefficient (Wildman–Crippen LogP) is 3.42. The fourth-order valence-electron chi connectivity index (χ4n) is 2.74. The van der Waals surface area contributed by atoms with Gasteiger partial charge in [-0.2, -0.15) is 0 Å². The third-order valence-corrected chi connectivity index (χ3v) is 4.21. The van der Waals surface area contributed by atoms with E-state index >= 15 is 0 Å². The molecule has 0 bridgehead atoms. The summed E-state index contributed by atoms with van der Waals surface area (Å²) in [5.74, 6) is -0.258. The molecule has 0 aliphatic heterocycles. The van der Waals surface area contributed by atoms with Gasteiger partial charge >= 0.3 is 11.8 Å². The fourth-order valence-corrected chi connectivity index (χ4v) is 2.74. The summed E-state index contributed by atoms with van der Waals surface area (Å²) in [5.41, 5.74) is 3.71. The van der Waals surface area contributed by atoms with E-state index < -0.39 is 11.8 Å². The van der Waals surface area contributed by atoms with Crippen molar-refractivity contribution in [2.75, 3.05) is 19.0 Å². The number of anilines is 1. The molecule has 2 amide bonds. The fraction of sp³-hybridized carbons (Fsp3) is 0.333. The van der Waals surface area contributed by atoms with E-state index in [1.807, 2.05) is 49.4 Å². The number of carbonyl (C=O) groups excluding carboxylic acids is 2. The average molecular weight is 354 g/mol. The highest BCUT2D eigenvalue weighted by Gasteiger charge is 2.17. The molecule has 0 atom stereocenters. The molecule has 0 saturated heterocycles. The maximum absolute atomic E-state index is 12.2. The van der Waals surface area contributed by atoms with E-state index in [-0.39, 0.29) is 5.92 Å². The highest BCUT2D eigenvalue weighted by Crippen LogP contribution is 2.27. The third-order valence-electron chi connectivity index (χ3n) is 4.21. The number of ether oxygens (including phenoxy) is 1. The van der Waals surface area contributed by atoms with Crippen molar-refractivity contribution >= 4 is 17.5 Å². The predicted molar refractivity (Wildman–Crippen MR) is 104 cm³/mol. The van der Waals surface area contributed by atoms with E-state index in [0.717, 1.165) is 28.1 Å². The quantitative estimate of drug-likeness (QED) is 0.781. The van der Waals surface area contributed by atoms with Gasteiger partial charge in [-0.25, -0.2) is 0 Å². The molecule has 0 heterocycles. The van der Waals surface area contributed by atoms with Crippen molar-refractivity contribution in [1.29, 1.82) is 0 Å². The van der Waals surface area contributed by atoms with Crippen LogP contribution >= 0.6 is 0 Å². The van der Waals surface area contributed by atoms with E-state index in [1.165, 1.54) is 0 Å². The number of amides is 2. The number of benzene rings is 2. The van der Waals surface area contributed by atoms with Crippen LogP contribution in [-0.4, -0.2) is 25.5 Å². The number of aryl methyl sites for hydroxylation is 1. The molecule has 0 radical (unpaired) electrons. The van der Waals surface area contributed by atoms with Crippen LogP contribution in [0.25, 0.3) is 0 Å². The zero-order chi connectivity index (χ0) is 19.1. The molecule has 0 fully saturated rings. The molecule has 2 aromatic carbocycles. The molecule has 0 saturated carbocycles. The lowest BCUT2D eigenvalue weighted by atomic mass is 9.98. The molecule has 0 unspecified atom stereocenters. The zero-order valence-electron chi connectivity index (χ0n) is 15.8. The number of para-hydroxylation sites is 1. The van der Waals surface area contributed by atoms with Gasteiger partial charge in [0.1, 0.15) is 5.75 Å². The monoisotopic (exact) mass is 354 g/mol. The summed E-state index contributed by atoms with van der Waals surface area (Å²) < 4.78 is 5.18.